The largest absolute Gasteiger partial charge is 1.00 e. The van der Waals surface area contributed by atoms with Gasteiger partial charge in [0.2, 0.25) is 0 Å². The van der Waals surface area contributed by atoms with Gasteiger partial charge in [-0.3, -0.25) is 0 Å². The lowest BCUT2D eigenvalue weighted by Gasteiger charge is -1.00. The highest BCUT2D eigenvalue weighted by atomic mass is 35.5. The van der Waals surface area contributed by atoms with E-state index in [2.05, 4.69) is 0 Å². The maximum Gasteiger partial charge on any atom is -0.369 e. The van der Waals surface area contributed by atoms with E-state index in [0.717, 1.165) is 0 Å². The molecule has 0 heterocycles. The van der Waals surface area contributed by atoms with Gasteiger partial charge in [0.1, 0.15) is 0 Å². The van der Waals surface area contributed by atoms with Crippen LogP contribution in [0.1, 0.15) is 0 Å². The van der Waals surface area contributed by atoms with Crippen LogP contribution in [-0.4, -0.2) is 0 Å². The maximum absolute atomic E-state index is 0. The number of rotatable bonds is 0. The van der Waals surface area contributed by atoms with Gasteiger partial charge in [-0.2, -0.15) is 0 Å². The van der Waals surface area contributed by atoms with Gasteiger partial charge in [-0.25, -0.2) is 0 Å². The SMILES string of the molecule is [Cl-].[Cl-].[Cl-].[Cl-].[Cl-].[Cl-].[Cl-].[Cl-].[Cl-].[NH4+].[NH4+].[NH4+].[NH4+].[NH4+].[NH4+].[NH4+].[NH4+].[NH4+]. The number of hydrogen-bond acceptors (Lipinski definition) is 0. The summed E-state index contributed by atoms with van der Waals surface area (Å²) in [7, 11) is 0. The summed E-state index contributed by atoms with van der Waals surface area (Å²) in [5.74, 6) is 0. The molecule has 0 spiro atoms. The highest BCUT2D eigenvalue weighted by Gasteiger charge is -0.361. The summed E-state index contributed by atoms with van der Waals surface area (Å²) < 4.78 is 0. The van der Waals surface area contributed by atoms with Crippen molar-refractivity contribution >= 4 is 0 Å². The van der Waals surface area contributed by atoms with E-state index in [-0.39, 0.29) is 167 Å². The molecule has 0 aromatic rings. The van der Waals surface area contributed by atoms with Crippen LogP contribution >= 0.6 is 0 Å². The van der Waals surface area contributed by atoms with Crippen LogP contribution in [0.15, 0.2) is 0 Å². The lowest BCUT2D eigenvalue weighted by molar-refractivity contribution is -0.00100. The average Bonchev–Trinajstić information content (AvgIpc) is 0. The Balaban J connectivity index is 0. The van der Waals surface area contributed by atoms with Gasteiger partial charge in [0.15, 0.2) is 0 Å². The monoisotopic (exact) mass is 477 g/mol. The third-order valence-electron chi connectivity index (χ3n) is 0. The fraction of sp³-hybridized carbons (Fsp3) is 0. The minimum Gasteiger partial charge on any atom is -1.00 e. The molecule has 0 aromatic heterocycles. The molecule has 18 heavy (non-hydrogen) atoms. The first-order valence-corrected chi connectivity index (χ1v) is 0. The molecule has 0 amide bonds. The Labute approximate surface area is 166 Å². The van der Waals surface area contributed by atoms with Gasteiger partial charge in [0, 0.05) is 0 Å². The minimum atomic E-state index is 0. The van der Waals surface area contributed by atoms with Crippen LogP contribution in [0.3, 0.4) is 0 Å². The normalized spacial score (nSPS) is 0. The lowest BCUT2D eigenvalue weighted by Crippen LogP contribution is -3.00. The van der Waals surface area contributed by atoms with Gasteiger partial charge in [0.05, 0.1) is 0 Å². The molecule has 0 saturated carbocycles. The van der Waals surface area contributed by atoms with Gasteiger partial charge in [-0.15, -0.1) is 0 Å². The van der Waals surface area contributed by atoms with Gasteiger partial charge >= 0.3 is 0 Å². The van der Waals surface area contributed by atoms with Crippen molar-refractivity contribution in [2.45, 2.75) is 0 Å². The minimum absolute atomic E-state index is 0. The fourth-order valence-corrected chi connectivity index (χ4v) is 0. The van der Waals surface area contributed by atoms with Gasteiger partial charge in [0.25, 0.3) is 0 Å². The molecule has 18 heteroatoms. The first-order valence-electron chi connectivity index (χ1n) is 0. The lowest BCUT2D eigenvalue weighted by atomic mass is 14.0. The molecule has 0 fully saturated rings. The average molecular weight is 481 g/mol. The van der Waals surface area contributed by atoms with E-state index >= 15 is 0 Å². The van der Waals surface area contributed by atoms with E-state index in [1.165, 1.54) is 0 Å². The van der Waals surface area contributed by atoms with E-state index in [4.69, 9.17) is 0 Å². The second-order valence-electron chi connectivity index (χ2n) is 0. The highest BCUT2D eigenvalue weighted by Crippen LogP contribution is -0.473. The summed E-state index contributed by atoms with van der Waals surface area (Å²) in [5.41, 5.74) is 0. The van der Waals surface area contributed by atoms with Gasteiger partial charge in [-0.1, -0.05) is 0 Å². The molecule has 9 nitrogen and oxygen atoms in total. The summed E-state index contributed by atoms with van der Waals surface area (Å²) >= 11 is 0. The smallest absolute Gasteiger partial charge is 0.369 e. The predicted molar refractivity (Wildman–Crippen MR) is 53.9 cm³/mol. The molecule has 0 bridgehead atoms. The zero-order valence-corrected chi connectivity index (χ0v) is 19.2. The number of quaternary nitrogens is 9. The van der Waals surface area contributed by atoms with Crippen molar-refractivity contribution in [3.63, 3.8) is 0 Å². The quantitative estimate of drug-likeness (QED) is 0.156. The third-order valence-corrected chi connectivity index (χ3v) is 0. The molecule has 0 rings (SSSR count). The second-order valence-corrected chi connectivity index (χ2v) is 0. The molecular weight excluding hydrogens is 445 g/mol. The highest BCUT2D eigenvalue weighted by molar-refractivity contribution is 2.14. The Morgan fingerprint density at radius 3 is 0.111 bits per heavy atom. The van der Waals surface area contributed by atoms with E-state index in [1.807, 2.05) is 0 Å². The summed E-state index contributed by atoms with van der Waals surface area (Å²) in [6.45, 7) is 0. The Bertz CT molecular complexity index is 18.0. The van der Waals surface area contributed by atoms with E-state index in [1.54, 1.807) is 0 Å². The predicted octanol–water partition coefficient (Wildman–Crippen LogP) is -23.6. The Morgan fingerprint density at radius 2 is 0.111 bits per heavy atom. The zero-order valence-electron chi connectivity index (χ0n) is 12.4. The van der Waals surface area contributed by atoms with Crippen molar-refractivity contribution in [3.05, 3.63) is 0 Å². The van der Waals surface area contributed by atoms with E-state index in [0.29, 0.717) is 0 Å². The number of hydrogen-bond donors (Lipinski definition) is 9. The summed E-state index contributed by atoms with van der Waals surface area (Å²) in [4.78, 5) is 0. The molecule has 0 radical (unpaired) electrons. The molecule has 0 atom stereocenters. The third kappa shape index (κ3) is 1070. The first kappa shape index (κ1) is 1480. The fourth-order valence-electron chi connectivity index (χ4n) is 0. The molecular formula is H36Cl9N9. The molecule has 0 unspecified atom stereocenters. The van der Waals surface area contributed by atoms with Crippen molar-refractivity contribution < 1.29 is 112 Å². The van der Waals surface area contributed by atoms with E-state index < -0.39 is 0 Å². The van der Waals surface area contributed by atoms with Gasteiger partial charge < -0.3 is 167 Å². The van der Waals surface area contributed by atoms with Crippen LogP contribution in [0, 0.1) is 0 Å². The van der Waals surface area contributed by atoms with Crippen molar-refractivity contribution in [3.8, 4) is 0 Å². The Morgan fingerprint density at radius 1 is 0.111 bits per heavy atom. The summed E-state index contributed by atoms with van der Waals surface area (Å²) in [5, 5.41) is 0. The molecule has 0 saturated heterocycles. The van der Waals surface area contributed by atoms with Crippen LogP contribution in [0.4, 0.5) is 0 Å². The molecule has 0 aliphatic carbocycles. The van der Waals surface area contributed by atoms with Crippen molar-refractivity contribution in [1.82, 2.24) is 55.4 Å². The van der Waals surface area contributed by atoms with Crippen LogP contribution in [0.2, 0.25) is 0 Å². The number of halogens is 9. The maximum atomic E-state index is 0. The topological polar surface area (TPSA) is 328 Å². The molecule has 0 aromatic carbocycles. The van der Waals surface area contributed by atoms with Gasteiger partial charge in [-0.05, 0) is 0 Å². The standard InChI is InChI=1S/9ClH.9H3N/h9*1H;9*1H3. The second kappa shape index (κ2) is 1270. The Hall–Kier alpha value is 2.25. The van der Waals surface area contributed by atoms with Crippen molar-refractivity contribution in [1.29, 1.82) is 0 Å². The van der Waals surface area contributed by atoms with E-state index in [9.17, 15) is 0 Å². The molecule has 0 aliphatic rings. The molecule has 144 valence electrons. The van der Waals surface area contributed by atoms with Crippen LogP contribution in [0.5, 0.6) is 0 Å². The summed E-state index contributed by atoms with van der Waals surface area (Å²) in [6.07, 6.45) is 0. The van der Waals surface area contributed by atoms with Crippen molar-refractivity contribution in [2.24, 2.45) is 0 Å². The van der Waals surface area contributed by atoms with Crippen LogP contribution in [-0.2, 0) is 0 Å². The summed E-state index contributed by atoms with van der Waals surface area (Å²) in [6, 6.07) is 0. The zero-order chi connectivity index (χ0) is 0. The van der Waals surface area contributed by atoms with Crippen LogP contribution in [0.25, 0.3) is 0 Å². The van der Waals surface area contributed by atoms with Crippen LogP contribution < -0.4 is 167 Å². The molecule has 36 N–H and O–H groups in total. The Kier molecular flexibility index (Phi) is 104000. The molecule has 0 aliphatic heterocycles. The van der Waals surface area contributed by atoms with Crippen molar-refractivity contribution in [2.75, 3.05) is 0 Å². The first-order chi connectivity index (χ1) is 0.